The van der Waals surface area contributed by atoms with E-state index in [1.165, 1.54) is 18.2 Å². The number of benzene rings is 1. The van der Waals surface area contributed by atoms with Crippen LogP contribution in [0.25, 0.3) is 0 Å². The zero-order valence-electron chi connectivity index (χ0n) is 9.57. The zero-order chi connectivity index (χ0) is 13.5. The number of carbonyl (C=O) groups is 1. The molecule has 18 heavy (non-hydrogen) atoms. The lowest BCUT2D eigenvalue weighted by molar-refractivity contribution is 0.103. The summed E-state index contributed by atoms with van der Waals surface area (Å²) < 4.78 is 37.4. The van der Waals surface area contributed by atoms with Crippen LogP contribution >= 0.6 is 0 Å². The molecular formula is C11H14F3N3O. The van der Waals surface area contributed by atoms with Crippen LogP contribution < -0.4 is 11.1 Å². The number of nitrogens with one attached hydrogen (secondary N) is 1. The number of amides is 2. The van der Waals surface area contributed by atoms with Gasteiger partial charge in [-0.1, -0.05) is 6.07 Å². The summed E-state index contributed by atoms with van der Waals surface area (Å²) >= 11 is 0. The predicted molar refractivity (Wildman–Crippen MR) is 62.1 cm³/mol. The van der Waals surface area contributed by atoms with Gasteiger partial charge in [-0.05, 0) is 18.2 Å². The van der Waals surface area contributed by atoms with Gasteiger partial charge in [-0.3, -0.25) is 0 Å². The van der Waals surface area contributed by atoms with Crippen molar-refractivity contribution in [2.24, 2.45) is 5.73 Å². The number of rotatable bonds is 5. The molecule has 0 heterocycles. The highest BCUT2D eigenvalue weighted by atomic mass is 19.3. The lowest BCUT2D eigenvalue weighted by Gasteiger charge is -2.21. The average molecular weight is 261 g/mol. The van der Waals surface area contributed by atoms with Gasteiger partial charge in [0.25, 0.3) is 6.43 Å². The normalized spacial score (nSPS) is 10.5. The molecule has 3 N–H and O–H groups in total. The number of hydrogen-bond acceptors (Lipinski definition) is 2. The summed E-state index contributed by atoms with van der Waals surface area (Å²) in [5.74, 6) is -0.521. The first kappa shape index (κ1) is 14.3. The SMILES string of the molecule is NCCN(CC(F)F)C(=O)Nc1cccc(F)c1. The highest BCUT2D eigenvalue weighted by Gasteiger charge is 2.17. The van der Waals surface area contributed by atoms with Gasteiger partial charge in [-0.2, -0.15) is 0 Å². The monoisotopic (exact) mass is 261 g/mol. The van der Waals surface area contributed by atoms with E-state index < -0.39 is 24.8 Å². The summed E-state index contributed by atoms with van der Waals surface area (Å²) in [5.41, 5.74) is 5.44. The number of nitrogens with two attached hydrogens (primary N) is 1. The summed E-state index contributed by atoms with van der Waals surface area (Å²) in [7, 11) is 0. The van der Waals surface area contributed by atoms with Crippen LogP contribution in [-0.4, -0.2) is 37.0 Å². The molecule has 0 aliphatic heterocycles. The van der Waals surface area contributed by atoms with Gasteiger partial charge >= 0.3 is 6.03 Å². The van der Waals surface area contributed by atoms with Crippen molar-refractivity contribution in [2.75, 3.05) is 25.0 Å². The van der Waals surface area contributed by atoms with Crippen molar-refractivity contribution in [3.05, 3.63) is 30.1 Å². The molecule has 0 aliphatic carbocycles. The lowest BCUT2D eigenvalue weighted by atomic mass is 10.3. The number of alkyl halides is 2. The smallest absolute Gasteiger partial charge is 0.322 e. The third kappa shape index (κ3) is 4.62. The Morgan fingerprint density at radius 2 is 2.17 bits per heavy atom. The minimum absolute atomic E-state index is 0.00545. The van der Waals surface area contributed by atoms with E-state index in [4.69, 9.17) is 5.73 Å². The van der Waals surface area contributed by atoms with E-state index in [1.54, 1.807) is 0 Å². The molecule has 0 saturated heterocycles. The predicted octanol–water partition coefficient (Wildman–Crippen LogP) is 1.88. The molecule has 0 aromatic heterocycles. The zero-order valence-corrected chi connectivity index (χ0v) is 9.57. The van der Waals surface area contributed by atoms with Gasteiger partial charge in [0.15, 0.2) is 0 Å². The highest BCUT2D eigenvalue weighted by Crippen LogP contribution is 2.10. The second kappa shape index (κ2) is 6.85. The minimum atomic E-state index is -2.64. The molecule has 0 saturated carbocycles. The Morgan fingerprint density at radius 1 is 1.44 bits per heavy atom. The van der Waals surface area contributed by atoms with Gasteiger partial charge in [-0.15, -0.1) is 0 Å². The lowest BCUT2D eigenvalue weighted by Crippen LogP contribution is -2.41. The van der Waals surface area contributed by atoms with E-state index in [2.05, 4.69) is 5.32 Å². The largest absolute Gasteiger partial charge is 0.329 e. The highest BCUT2D eigenvalue weighted by molar-refractivity contribution is 5.89. The summed E-state index contributed by atoms with van der Waals surface area (Å²) in [5, 5.41) is 2.33. The Hall–Kier alpha value is -1.76. The Bertz CT molecular complexity index is 401. The number of carbonyl (C=O) groups excluding carboxylic acids is 1. The maximum atomic E-state index is 12.9. The van der Waals surface area contributed by atoms with Gasteiger partial charge in [0.1, 0.15) is 5.82 Å². The van der Waals surface area contributed by atoms with Crippen molar-refractivity contribution < 1.29 is 18.0 Å². The van der Waals surface area contributed by atoms with Crippen molar-refractivity contribution >= 4 is 11.7 Å². The maximum Gasteiger partial charge on any atom is 0.322 e. The molecule has 0 spiro atoms. The van der Waals surface area contributed by atoms with E-state index >= 15 is 0 Å². The number of nitrogens with zero attached hydrogens (tertiary/aromatic N) is 1. The molecule has 1 aromatic rings. The molecular weight excluding hydrogens is 247 g/mol. The van der Waals surface area contributed by atoms with Crippen LogP contribution in [0.4, 0.5) is 23.7 Å². The molecule has 0 aliphatic rings. The molecule has 1 rings (SSSR count). The summed E-state index contributed by atoms with van der Waals surface area (Å²) in [6.07, 6.45) is -2.64. The van der Waals surface area contributed by atoms with Crippen molar-refractivity contribution in [1.82, 2.24) is 4.90 Å². The summed E-state index contributed by atoms with van der Waals surface area (Å²) in [6.45, 7) is -0.632. The molecule has 7 heteroatoms. The van der Waals surface area contributed by atoms with E-state index in [-0.39, 0.29) is 18.8 Å². The van der Waals surface area contributed by atoms with E-state index in [0.717, 1.165) is 11.0 Å². The van der Waals surface area contributed by atoms with Gasteiger partial charge in [0.2, 0.25) is 0 Å². The third-order valence-electron chi connectivity index (χ3n) is 2.12. The number of anilines is 1. The van der Waals surface area contributed by atoms with E-state index in [0.29, 0.717) is 0 Å². The Morgan fingerprint density at radius 3 is 2.72 bits per heavy atom. The maximum absolute atomic E-state index is 12.9. The van der Waals surface area contributed by atoms with Crippen LogP contribution in [0.3, 0.4) is 0 Å². The van der Waals surface area contributed by atoms with Crippen LogP contribution in [0.1, 0.15) is 0 Å². The quantitative estimate of drug-likeness (QED) is 0.850. The standard InChI is InChI=1S/C11H14F3N3O/c12-8-2-1-3-9(6-8)16-11(18)17(5-4-15)7-10(13)14/h1-3,6,10H,4-5,7,15H2,(H,16,18). The van der Waals surface area contributed by atoms with Crippen molar-refractivity contribution in [2.45, 2.75) is 6.43 Å². The van der Waals surface area contributed by atoms with Crippen molar-refractivity contribution in [3.63, 3.8) is 0 Å². The summed E-state index contributed by atoms with van der Waals surface area (Å²) in [6, 6.07) is 4.45. The first-order valence-corrected chi connectivity index (χ1v) is 5.32. The second-order valence-corrected chi connectivity index (χ2v) is 3.57. The molecule has 0 fully saturated rings. The van der Waals surface area contributed by atoms with Crippen LogP contribution in [-0.2, 0) is 0 Å². The molecule has 4 nitrogen and oxygen atoms in total. The molecule has 100 valence electrons. The first-order valence-electron chi connectivity index (χ1n) is 5.32. The second-order valence-electron chi connectivity index (χ2n) is 3.57. The number of halogens is 3. The summed E-state index contributed by atoms with van der Waals surface area (Å²) in [4.78, 5) is 12.5. The van der Waals surface area contributed by atoms with E-state index in [1.807, 2.05) is 0 Å². The molecule has 0 unspecified atom stereocenters. The Labute approximate surface area is 103 Å². The molecule has 2 amide bonds. The third-order valence-corrected chi connectivity index (χ3v) is 2.12. The van der Waals surface area contributed by atoms with Crippen LogP contribution in [0.2, 0.25) is 0 Å². The van der Waals surface area contributed by atoms with Gasteiger partial charge in [0, 0.05) is 18.8 Å². The Balaban J connectivity index is 2.66. The first-order chi connectivity index (χ1) is 8.52. The van der Waals surface area contributed by atoms with E-state index in [9.17, 15) is 18.0 Å². The fraction of sp³-hybridized carbons (Fsp3) is 0.364. The van der Waals surface area contributed by atoms with Crippen molar-refractivity contribution in [1.29, 1.82) is 0 Å². The fourth-order valence-corrected chi connectivity index (χ4v) is 1.37. The van der Waals surface area contributed by atoms with Gasteiger partial charge < -0.3 is 16.0 Å². The Kier molecular flexibility index (Phi) is 5.44. The van der Waals surface area contributed by atoms with Crippen LogP contribution in [0, 0.1) is 5.82 Å². The number of hydrogen-bond donors (Lipinski definition) is 2. The van der Waals surface area contributed by atoms with Crippen molar-refractivity contribution in [3.8, 4) is 0 Å². The molecule has 0 bridgehead atoms. The topological polar surface area (TPSA) is 58.4 Å². The van der Waals surface area contributed by atoms with Gasteiger partial charge in [-0.25, -0.2) is 18.0 Å². The molecule has 1 aromatic carbocycles. The van der Waals surface area contributed by atoms with Crippen LogP contribution in [0.5, 0.6) is 0 Å². The average Bonchev–Trinajstić information content (AvgIpc) is 2.27. The molecule has 0 atom stereocenters. The minimum Gasteiger partial charge on any atom is -0.329 e. The van der Waals surface area contributed by atoms with Crippen LogP contribution in [0.15, 0.2) is 24.3 Å². The number of urea groups is 1. The fourth-order valence-electron chi connectivity index (χ4n) is 1.37. The molecule has 0 radical (unpaired) electrons. The van der Waals surface area contributed by atoms with Gasteiger partial charge in [0.05, 0.1) is 6.54 Å².